The smallest absolute Gasteiger partial charge is 0.312 e. The van der Waals surface area contributed by atoms with E-state index in [4.69, 9.17) is 10.5 Å². The van der Waals surface area contributed by atoms with Gasteiger partial charge in [-0.1, -0.05) is 24.3 Å². The van der Waals surface area contributed by atoms with Crippen molar-refractivity contribution in [2.75, 3.05) is 7.11 Å². The highest BCUT2D eigenvalue weighted by molar-refractivity contribution is 5.81. The van der Waals surface area contributed by atoms with Crippen molar-refractivity contribution in [1.29, 1.82) is 0 Å². The van der Waals surface area contributed by atoms with E-state index >= 15 is 0 Å². The van der Waals surface area contributed by atoms with E-state index in [0.717, 1.165) is 11.1 Å². The number of aromatic nitrogens is 1. The molecule has 2 atom stereocenters. The van der Waals surface area contributed by atoms with E-state index in [2.05, 4.69) is 15.6 Å². The van der Waals surface area contributed by atoms with Gasteiger partial charge < -0.3 is 21.1 Å². The van der Waals surface area contributed by atoms with Crippen LogP contribution in [0.5, 0.6) is 0 Å². The number of ether oxygens (including phenoxy) is 1. The Kier molecular flexibility index (Phi) is 7.30. The second-order valence-corrected chi connectivity index (χ2v) is 6.99. The summed E-state index contributed by atoms with van der Waals surface area (Å²) in [5.74, 6) is -0.814. The predicted octanol–water partition coefficient (Wildman–Crippen LogP) is 2.08. The lowest BCUT2D eigenvalue weighted by molar-refractivity contribution is -0.142. The van der Waals surface area contributed by atoms with E-state index in [1.165, 1.54) is 7.11 Å². The number of methoxy groups -OCH3 is 1. The SMILES string of the molecule is COC(=O)CC(C)(NC(=O)CC(NC(N)=O)c1ccccc1C)c1ccncc1. The molecule has 0 bridgehead atoms. The molecule has 2 rings (SSSR count). The van der Waals surface area contributed by atoms with Crippen LogP contribution in [0.2, 0.25) is 0 Å². The van der Waals surface area contributed by atoms with Gasteiger partial charge in [0, 0.05) is 12.4 Å². The minimum absolute atomic E-state index is 0.0460. The normalized spacial score (nSPS) is 13.6. The molecule has 3 amide bonds. The zero-order valence-corrected chi connectivity index (χ0v) is 16.8. The molecule has 2 aromatic rings. The number of hydrogen-bond acceptors (Lipinski definition) is 5. The van der Waals surface area contributed by atoms with Gasteiger partial charge in [-0.25, -0.2) is 4.79 Å². The van der Waals surface area contributed by atoms with Crippen molar-refractivity contribution in [2.24, 2.45) is 5.73 Å². The van der Waals surface area contributed by atoms with Gasteiger partial charge in [0.1, 0.15) is 0 Å². The molecule has 8 heteroatoms. The second kappa shape index (κ2) is 9.68. The lowest BCUT2D eigenvalue weighted by Gasteiger charge is -2.31. The van der Waals surface area contributed by atoms with E-state index in [0.29, 0.717) is 5.56 Å². The molecule has 1 aromatic heterocycles. The minimum Gasteiger partial charge on any atom is -0.469 e. The number of benzene rings is 1. The molecular formula is C21H26N4O4. The molecule has 8 nitrogen and oxygen atoms in total. The van der Waals surface area contributed by atoms with Crippen LogP contribution in [0.25, 0.3) is 0 Å². The number of pyridine rings is 1. The van der Waals surface area contributed by atoms with Gasteiger partial charge in [-0.15, -0.1) is 0 Å². The highest BCUT2D eigenvalue weighted by Crippen LogP contribution is 2.26. The van der Waals surface area contributed by atoms with Crippen LogP contribution >= 0.6 is 0 Å². The Labute approximate surface area is 169 Å². The summed E-state index contributed by atoms with van der Waals surface area (Å²) in [6.07, 6.45) is 3.07. The van der Waals surface area contributed by atoms with Gasteiger partial charge in [-0.3, -0.25) is 14.6 Å². The fraction of sp³-hybridized carbons (Fsp3) is 0.333. The van der Waals surface area contributed by atoms with Crippen molar-refractivity contribution in [2.45, 2.75) is 38.3 Å². The van der Waals surface area contributed by atoms with Crippen LogP contribution in [0.4, 0.5) is 4.79 Å². The number of esters is 1. The molecule has 2 unspecified atom stereocenters. The number of amides is 3. The van der Waals surface area contributed by atoms with Crippen LogP contribution in [0.1, 0.15) is 42.5 Å². The molecule has 0 aliphatic rings. The van der Waals surface area contributed by atoms with E-state index in [1.807, 2.05) is 31.2 Å². The maximum absolute atomic E-state index is 12.9. The summed E-state index contributed by atoms with van der Waals surface area (Å²) in [5.41, 5.74) is 6.73. The molecule has 0 aliphatic carbocycles. The van der Waals surface area contributed by atoms with Gasteiger partial charge in [0.25, 0.3) is 0 Å². The van der Waals surface area contributed by atoms with E-state index in [1.54, 1.807) is 31.5 Å². The van der Waals surface area contributed by atoms with E-state index < -0.39 is 23.6 Å². The quantitative estimate of drug-likeness (QED) is 0.588. The van der Waals surface area contributed by atoms with Crippen LogP contribution < -0.4 is 16.4 Å². The number of carbonyl (C=O) groups is 3. The summed E-state index contributed by atoms with van der Waals surface area (Å²) < 4.78 is 4.79. The molecule has 29 heavy (non-hydrogen) atoms. The average molecular weight is 398 g/mol. The maximum Gasteiger partial charge on any atom is 0.312 e. The molecule has 4 N–H and O–H groups in total. The molecular weight excluding hydrogens is 372 g/mol. The first-order chi connectivity index (χ1) is 13.7. The Bertz CT molecular complexity index is 872. The van der Waals surface area contributed by atoms with E-state index in [-0.39, 0.29) is 18.7 Å². The fourth-order valence-electron chi connectivity index (χ4n) is 3.23. The summed E-state index contributed by atoms with van der Waals surface area (Å²) in [6, 6.07) is 9.55. The van der Waals surface area contributed by atoms with Crippen molar-refractivity contribution >= 4 is 17.9 Å². The monoisotopic (exact) mass is 398 g/mol. The molecule has 0 saturated carbocycles. The largest absolute Gasteiger partial charge is 0.469 e. The van der Waals surface area contributed by atoms with Crippen LogP contribution in [-0.4, -0.2) is 30.0 Å². The highest BCUT2D eigenvalue weighted by Gasteiger charge is 2.33. The molecule has 1 heterocycles. The Morgan fingerprint density at radius 1 is 1.17 bits per heavy atom. The van der Waals surface area contributed by atoms with Crippen LogP contribution in [0.15, 0.2) is 48.8 Å². The predicted molar refractivity (Wildman–Crippen MR) is 108 cm³/mol. The van der Waals surface area contributed by atoms with Gasteiger partial charge in [0.2, 0.25) is 5.91 Å². The molecule has 0 spiro atoms. The summed E-state index contributed by atoms with van der Waals surface area (Å²) >= 11 is 0. The lowest BCUT2D eigenvalue weighted by atomic mass is 9.88. The van der Waals surface area contributed by atoms with Gasteiger partial charge in [0.15, 0.2) is 0 Å². The Hall–Kier alpha value is -3.42. The standard InChI is InChI=1S/C21H26N4O4/c1-14-6-4-5-7-16(14)17(24-20(22)28)12-18(26)25-21(2,13-19(27)29-3)15-8-10-23-11-9-15/h4-11,17H,12-13H2,1-3H3,(H,25,26)(H3,22,24,28). The zero-order valence-electron chi connectivity index (χ0n) is 16.8. The third-order valence-corrected chi connectivity index (χ3v) is 4.73. The summed E-state index contributed by atoms with van der Waals surface area (Å²) in [5, 5.41) is 5.53. The number of nitrogens with one attached hydrogen (secondary N) is 2. The van der Waals surface area contributed by atoms with Crippen molar-refractivity contribution in [3.63, 3.8) is 0 Å². The fourth-order valence-corrected chi connectivity index (χ4v) is 3.23. The maximum atomic E-state index is 12.9. The Morgan fingerprint density at radius 3 is 2.41 bits per heavy atom. The molecule has 1 aromatic carbocycles. The van der Waals surface area contributed by atoms with Gasteiger partial charge in [-0.2, -0.15) is 0 Å². The summed E-state index contributed by atoms with van der Waals surface area (Å²) in [6.45, 7) is 3.63. The zero-order chi connectivity index (χ0) is 21.4. The topological polar surface area (TPSA) is 123 Å². The molecule has 0 aliphatic heterocycles. The number of nitrogens with zero attached hydrogens (tertiary/aromatic N) is 1. The number of hydrogen-bond donors (Lipinski definition) is 3. The van der Waals surface area contributed by atoms with Crippen LogP contribution in [0, 0.1) is 6.92 Å². The van der Waals surface area contributed by atoms with Crippen molar-refractivity contribution in [1.82, 2.24) is 15.6 Å². The first kappa shape index (κ1) is 21.9. The van der Waals surface area contributed by atoms with Crippen molar-refractivity contribution in [3.05, 3.63) is 65.5 Å². The van der Waals surface area contributed by atoms with Gasteiger partial charge in [-0.05, 0) is 42.7 Å². The summed E-state index contributed by atoms with van der Waals surface area (Å²) in [4.78, 5) is 40.3. The second-order valence-electron chi connectivity index (χ2n) is 6.99. The van der Waals surface area contributed by atoms with Gasteiger partial charge >= 0.3 is 12.0 Å². The number of nitrogens with two attached hydrogens (primary N) is 1. The third-order valence-electron chi connectivity index (χ3n) is 4.73. The van der Waals surface area contributed by atoms with Crippen molar-refractivity contribution in [3.8, 4) is 0 Å². The minimum atomic E-state index is -1.00. The first-order valence-electron chi connectivity index (χ1n) is 9.15. The third kappa shape index (κ3) is 6.03. The van der Waals surface area contributed by atoms with Crippen LogP contribution in [-0.2, 0) is 19.9 Å². The van der Waals surface area contributed by atoms with Crippen LogP contribution in [0.3, 0.4) is 0 Å². The molecule has 0 fully saturated rings. The Morgan fingerprint density at radius 2 is 1.83 bits per heavy atom. The van der Waals surface area contributed by atoms with Gasteiger partial charge in [0.05, 0.1) is 31.5 Å². The Balaban J connectivity index is 2.26. The molecule has 0 radical (unpaired) electrons. The number of aryl methyl sites for hydroxylation is 1. The number of urea groups is 1. The highest BCUT2D eigenvalue weighted by atomic mass is 16.5. The first-order valence-corrected chi connectivity index (χ1v) is 9.15. The summed E-state index contributed by atoms with van der Waals surface area (Å²) in [7, 11) is 1.29. The molecule has 0 saturated heterocycles. The average Bonchev–Trinajstić information content (AvgIpc) is 2.68. The van der Waals surface area contributed by atoms with Crippen molar-refractivity contribution < 1.29 is 19.1 Å². The molecule has 154 valence electrons. The van der Waals surface area contributed by atoms with E-state index in [9.17, 15) is 14.4 Å². The lowest BCUT2D eigenvalue weighted by Crippen LogP contribution is -2.46. The number of rotatable bonds is 8. The number of primary amides is 1. The number of carbonyl (C=O) groups excluding carboxylic acids is 3.